The van der Waals surface area contributed by atoms with Gasteiger partial charge in [0.2, 0.25) is 0 Å². The lowest BCUT2D eigenvalue weighted by Gasteiger charge is -2.10. The van der Waals surface area contributed by atoms with Gasteiger partial charge in [-0.1, -0.05) is 29.3 Å². The highest BCUT2D eigenvalue weighted by atomic mass is 35.5. The summed E-state index contributed by atoms with van der Waals surface area (Å²) in [7, 11) is -4.34. The Hall–Kier alpha value is -1.81. The molecule has 0 aliphatic heterocycles. The lowest BCUT2D eigenvalue weighted by molar-refractivity contribution is 0.387. The first-order valence-electron chi connectivity index (χ1n) is 7.40. The van der Waals surface area contributed by atoms with E-state index in [1.807, 2.05) is 28.8 Å². The van der Waals surface area contributed by atoms with E-state index in [2.05, 4.69) is 0 Å². The molecule has 4 nitrogen and oxygen atoms in total. The van der Waals surface area contributed by atoms with Gasteiger partial charge in [-0.25, -0.2) is 0 Å². The highest BCUT2D eigenvalue weighted by molar-refractivity contribution is 7.60. The van der Waals surface area contributed by atoms with Crippen molar-refractivity contribution in [2.24, 2.45) is 0 Å². The molecular weight excluding hydrogens is 380 g/mol. The lowest BCUT2D eigenvalue weighted by atomic mass is 10.1. The van der Waals surface area contributed by atoms with Crippen LogP contribution in [0.5, 0.6) is 0 Å². The SMILES string of the molecule is O=P(O)(O)c1cccc(-n2c3ccc(Cl)cc3c3cc(Cl)ccc32)c1. The number of benzene rings is 3. The van der Waals surface area contributed by atoms with Gasteiger partial charge in [0, 0.05) is 26.5 Å². The molecule has 0 aliphatic rings. The predicted molar refractivity (Wildman–Crippen MR) is 102 cm³/mol. The number of rotatable bonds is 2. The molecular formula is C18H12Cl2NO3P. The zero-order chi connectivity index (χ0) is 17.8. The maximum Gasteiger partial charge on any atom is 0.356 e. The van der Waals surface area contributed by atoms with Crippen LogP contribution in [0.3, 0.4) is 0 Å². The third-order valence-electron chi connectivity index (χ3n) is 4.11. The first-order chi connectivity index (χ1) is 11.8. The van der Waals surface area contributed by atoms with Crippen LogP contribution < -0.4 is 5.30 Å². The second-order valence-electron chi connectivity index (χ2n) is 5.72. The maximum atomic E-state index is 11.6. The van der Waals surface area contributed by atoms with Gasteiger partial charge in [0.05, 0.1) is 16.3 Å². The minimum absolute atomic E-state index is 0.0251. The van der Waals surface area contributed by atoms with E-state index in [9.17, 15) is 14.4 Å². The fourth-order valence-electron chi connectivity index (χ4n) is 3.06. The molecule has 0 bridgehead atoms. The molecule has 0 unspecified atom stereocenters. The Balaban J connectivity index is 2.12. The van der Waals surface area contributed by atoms with Crippen LogP contribution in [0.1, 0.15) is 0 Å². The Morgan fingerprint density at radius 2 is 1.36 bits per heavy atom. The Morgan fingerprint density at radius 1 is 0.800 bits per heavy atom. The second kappa shape index (κ2) is 5.87. The van der Waals surface area contributed by atoms with Crippen LogP contribution in [0, 0.1) is 0 Å². The van der Waals surface area contributed by atoms with E-state index in [1.165, 1.54) is 12.1 Å². The first kappa shape index (κ1) is 16.6. The van der Waals surface area contributed by atoms with Crippen molar-refractivity contribution in [3.63, 3.8) is 0 Å². The van der Waals surface area contributed by atoms with E-state index >= 15 is 0 Å². The van der Waals surface area contributed by atoms with Crippen LogP contribution in [0.2, 0.25) is 10.0 Å². The van der Waals surface area contributed by atoms with Crippen LogP contribution in [-0.4, -0.2) is 14.4 Å². The Morgan fingerprint density at radius 3 is 1.88 bits per heavy atom. The summed E-state index contributed by atoms with van der Waals surface area (Å²) in [5.41, 5.74) is 2.42. The van der Waals surface area contributed by atoms with Gasteiger partial charge in [0.15, 0.2) is 0 Å². The average Bonchev–Trinajstić information content (AvgIpc) is 2.87. The number of nitrogens with zero attached hydrogens (tertiary/aromatic N) is 1. The topological polar surface area (TPSA) is 62.5 Å². The molecule has 126 valence electrons. The Bertz CT molecular complexity index is 1120. The van der Waals surface area contributed by atoms with E-state index in [0.717, 1.165) is 21.8 Å². The van der Waals surface area contributed by atoms with Gasteiger partial charge in [0.1, 0.15) is 0 Å². The summed E-state index contributed by atoms with van der Waals surface area (Å²) in [4.78, 5) is 19.0. The summed E-state index contributed by atoms with van der Waals surface area (Å²) in [5, 5.41) is 3.03. The molecule has 25 heavy (non-hydrogen) atoms. The van der Waals surface area contributed by atoms with E-state index in [-0.39, 0.29) is 5.30 Å². The molecule has 0 radical (unpaired) electrons. The van der Waals surface area contributed by atoms with Crippen molar-refractivity contribution in [1.29, 1.82) is 0 Å². The fourth-order valence-corrected chi connectivity index (χ4v) is 3.98. The first-order valence-corrected chi connectivity index (χ1v) is 9.77. The van der Waals surface area contributed by atoms with Crippen LogP contribution in [-0.2, 0) is 4.57 Å². The Kier molecular flexibility index (Phi) is 3.91. The molecule has 0 amide bonds. The van der Waals surface area contributed by atoms with Crippen LogP contribution in [0.25, 0.3) is 27.5 Å². The number of halogens is 2. The van der Waals surface area contributed by atoms with E-state index in [4.69, 9.17) is 23.2 Å². The summed E-state index contributed by atoms with van der Waals surface area (Å²) in [6, 6.07) is 17.4. The fraction of sp³-hybridized carbons (Fsp3) is 0. The van der Waals surface area contributed by atoms with E-state index in [0.29, 0.717) is 15.7 Å². The quantitative estimate of drug-likeness (QED) is 0.478. The van der Waals surface area contributed by atoms with Crippen LogP contribution >= 0.6 is 30.8 Å². The smallest absolute Gasteiger partial charge is 0.321 e. The summed E-state index contributed by atoms with van der Waals surface area (Å²) >= 11 is 12.3. The zero-order valence-corrected chi connectivity index (χ0v) is 15.1. The minimum Gasteiger partial charge on any atom is -0.321 e. The van der Waals surface area contributed by atoms with Gasteiger partial charge in [-0.2, -0.15) is 0 Å². The van der Waals surface area contributed by atoms with E-state index in [1.54, 1.807) is 24.3 Å². The number of hydrogen-bond donors (Lipinski definition) is 2. The molecule has 0 saturated carbocycles. The van der Waals surface area contributed by atoms with Gasteiger partial charge < -0.3 is 14.4 Å². The molecule has 0 saturated heterocycles. The normalized spacial score (nSPS) is 12.2. The molecule has 4 rings (SSSR count). The largest absolute Gasteiger partial charge is 0.356 e. The van der Waals surface area contributed by atoms with Crippen molar-refractivity contribution in [1.82, 2.24) is 4.57 Å². The van der Waals surface area contributed by atoms with Crippen molar-refractivity contribution >= 4 is 57.9 Å². The maximum absolute atomic E-state index is 11.6. The number of fused-ring (bicyclic) bond motifs is 3. The highest BCUT2D eigenvalue weighted by Gasteiger charge is 2.19. The van der Waals surface area contributed by atoms with Gasteiger partial charge in [-0.15, -0.1) is 0 Å². The van der Waals surface area contributed by atoms with Crippen LogP contribution in [0.4, 0.5) is 0 Å². The van der Waals surface area contributed by atoms with Crippen molar-refractivity contribution in [2.75, 3.05) is 0 Å². The molecule has 2 N–H and O–H groups in total. The molecule has 1 aromatic heterocycles. The number of aromatic nitrogens is 1. The molecule has 0 atom stereocenters. The summed E-state index contributed by atoms with van der Waals surface area (Å²) in [6.07, 6.45) is 0. The summed E-state index contributed by atoms with van der Waals surface area (Å²) in [6.45, 7) is 0. The molecule has 7 heteroatoms. The molecule has 1 heterocycles. The lowest BCUT2D eigenvalue weighted by Crippen LogP contribution is -2.06. The van der Waals surface area contributed by atoms with Gasteiger partial charge in [-0.05, 0) is 54.6 Å². The number of hydrogen-bond acceptors (Lipinski definition) is 1. The molecule has 0 aliphatic carbocycles. The summed E-state index contributed by atoms with van der Waals surface area (Å²) < 4.78 is 13.6. The minimum atomic E-state index is -4.34. The van der Waals surface area contributed by atoms with Crippen molar-refractivity contribution in [3.8, 4) is 5.69 Å². The van der Waals surface area contributed by atoms with E-state index < -0.39 is 7.60 Å². The highest BCUT2D eigenvalue weighted by Crippen LogP contribution is 2.37. The van der Waals surface area contributed by atoms with Gasteiger partial charge in [-0.3, -0.25) is 4.57 Å². The standard InChI is InChI=1S/C18H12Cl2NO3P/c19-11-4-6-17-15(8-11)16-9-12(20)5-7-18(16)21(17)13-2-1-3-14(10-13)25(22,23)24/h1-10H,(H2,22,23,24). The van der Waals surface area contributed by atoms with Gasteiger partial charge in [0.25, 0.3) is 0 Å². The van der Waals surface area contributed by atoms with Crippen molar-refractivity contribution in [3.05, 3.63) is 70.7 Å². The predicted octanol–water partition coefficient (Wildman–Crippen LogP) is 4.89. The molecule has 0 spiro atoms. The molecule has 3 aromatic carbocycles. The third-order valence-corrected chi connectivity index (χ3v) is 5.53. The zero-order valence-electron chi connectivity index (χ0n) is 12.7. The monoisotopic (exact) mass is 391 g/mol. The van der Waals surface area contributed by atoms with Gasteiger partial charge >= 0.3 is 7.60 Å². The van der Waals surface area contributed by atoms with Crippen molar-refractivity contribution in [2.45, 2.75) is 0 Å². The van der Waals surface area contributed by atoms with Crippen LogP contribution in [0.15, 0.2) is 60.7 Å². The molecule has 0 fully saturated rings. The Labute approximate surface area is 153 Å². The molecule has 4 aromatic rings. The van der Waals surface area contributed by atoms with Crippen molar-refractivity contribution < 1.29 is 14.4 Å². The average molecular weight is 392 g/mol. The third kappa shape index (κ3) is 2.86. The summed E-state index contributed by atoms with van der Waals surface area (Å²) in [5.74, 6) is 0. The second-order valence-corrected chi connectivity index (χ2v) is 8.20.